The second-order valence-corrected chi connectivity index (χ2v) is 6.84. The van der Waals surface area contributed by atoms with Gasteiger partial charge in [-0.1, -0.05) is 20.8 Å². The summed E-state index contributed by atoms with van der Waals surface area (Å²) in [5.74, 6) is 1.58. The fourth-order valence-electron chi connectivity index (χ4n) is 2.24. The Morgan fingerprint density at radius 2 is 1.87 bits per heavy atom. The Bertz CT molecular complexity index is 471. The van der Waals surface area contributed by atoms with Crippen LogP contribution in [0.2, 0.25) is 0 Å². The van der Waals surface area contributed by atoms with E-state index in [0.717, 1.165) is 17.1 Å². The van der Waals surface area contributed by atoms with Crippen LogP contribution in [0.3, 0.4) is 0 Å². The SMILES string of the molecule is COC[C@@H](C)NC[C@@H](O)COc1ccc(OC)cc1C(C)(C)C. The number of nitrogens with one attached hydrogen (secondary N) is 1. The van der Waals surface area contributed by atoms with Gasteiger partial charge in [-0.3, -0.25) is 0 Å². The van der Waals surface area contributed by atoms with Gasteiger partial charge in [0.05, 0.1) is 13.7 Å². The van der Waals surface area contributed by atoms with Gasteiger partial charge in [-0.15, -0.1) is 0 Å². The summed E-state index contributed by atoms with van der Waals surface area (Å²) in [7, 11) is 3.31. The van der Waals surface area contributed by atoms with Gasteiger partial charge in [0, 0.05) is 25.3 Å². The molecule has 0 bridgehead atoms. The molecule has 0 amide bonds. The lowest BCUT2D eigenvalue weighted by Crippen LogP contribution is -2.38. The first-order chi connectivity index (χ1) is 10.8. The van der Waals surface area contributed by atoms with Crippen molar-refractivity contribution in [2.24, 2.45) is 0 Å². The largest absolute Gasteiger partial charge is 0.497 e. The van der Waals surface area contributed by atoms with Gasteiger partial charge in [0.2, 0.25) is 0 Å². The van der Waals surface area contributed by atoms with Crippen LogP contribution in [-0.2, 0) is 10.2 Å². The summed E-state index contributed by atoms with van der Waals surface area (Å²) in [5.41, 5.74) is 0.991. The Hall–Kier alpha value is -1.30. The zero-order chi connectivity index (χ0) is 17.5. The minimum Gasteiger partial charge on any atom is -0.497 e. The highest BCUT2D eigenvalue weighted by atomic mass is 16.5. The van der Waals surface area contributed by atoms with E-state index in [2.05, 4.69) is 26.1 Å². The van der Waals surface area contributed by atoms with Gasteiger partial charge in [0.25, 0.3) is 0 Å². The zero-order valence-electron chi connectivity index (χ0n) is 15.2. The van der Waals surface area contributed by atoms with Gasteiger partial charge >= 0.3 is 0 Å². The monoisotopic (exact) mass is 325 g/mol. The molecule has 132 valence electrons. The van der Waals surface area contributed by atoms with Crippen LogP contribution in [0.1, 0.15) is 33.3 Å². The van der Waals surface area contributed by atoms with Gasteiger partial charge < -0.3 is 24.6 Å². The molecule has 0 aliphatic carbocycles. The molecule has 0 unspecified atom stereocenters. The highest BCUT2D eigenvalue weighted by Crippen LogP contribution is 2.34. The van der Waals surface area contributed by atoms with E-state index in [1.165, 1.54) is 0 Å². The summed E-state index contributed by atoms with van der Waals surface area (Å²) in [6.45, 7) is 9.70. The van der Waals surface area contributed by atoms with Gasteiger partial charge in [0.15, 0.2) is 0 Å². The molecule has 1 rings (SSSR count). The summed E-state index contributed by atoms with van der Waals surface area (Å²) in [6.07, 6.45) is -0.579. The first kappa shape index (κ1) is 19.7. The molecule has 0 fully saturated rings. The lowest BCUT2D eigenvalue weighted by molar-refractivity contribution is 0.0964. The lowest BCUT2D eigenvalue weighted by atomic mass is 9.86. The number of ether oxygens (including phenoxy) is 3. The van der Waals surface area contributed by atoms with Crippen molar-refractivity contribution >= 4 is 0 Å². The molecule has 0 saturated carbocycles. The molecule has 1 aromatic carbocycles. The third-order valence-corrected chi connectivity index (χ3v) is 3.54. The third kappa shape index (κ3) is 6.77. The van der Waals surface area contributed by atoms with Crippen molar-refractivity contribution in [2.75, 3.05) is 34.0 Å². The number of aliphatic hydroxyl groups excluding tert-OH is 1. The topological polar surface area (TPSA) is 60.0 Å². The van der Waals surface area contributed by atoms with Crippen LogP contribution in [0.4, 0.5) is 0 Å². The highest BCUT2D eigenvalue weighted by Gasteiger charge is 2.20. The summed E-state index contributed by atoms with van der Waals surface area (Å²) in [4.78, 5) is 0. The van der Waals surface area contributed by atoms with Crippen molar-refractivity contribution in [1.29, 1.82) is 0 Å². The number of methoxy groups -OCH3 is 2. The Labute approximate surface area is 139 Å². The highest BCUT2D eigenvalue weighted by molar-refractivity contribution is 5.44. The maximum Gasteiger partial charge on any atom is 0.123 e. The summed E-state index contributed by atoms with van der Waals surface area (Å²) in [6, 6.07) is 5.95. The average molecular weight is 325 g/mol. The number of hydrogen-bond acceptors (Lipinski definition) is 5. The molecule has 2 N–H and O–H groups in total. The lowest BCUT2D eigenvalue weighted by Gasteiger charge is -2.24. The predicted octanol–water partition coefficient (Wildman–Crippen LogP) is 2.36. The molecule has 5 nitrogen and oxygen atoms in total. The van der Waals surface area contributed by atoms with E-state index in [0.29, 0.717) is 13.2 Å². The Kier molecular flexibility index (Phi) is 7.82. The van der Waals surface area contributed by atoms with Crippen LogP contribution in [0.5, 0.6) is 11.5 Å². The van der Waals surface area contributed by atoms with Crippen molar-refractivity contribution in [1.82, 2.24) is 5.32 Å². The van der Waals surface area contributed by atoms with E-state index >= 15 is 0 Å². The predicted molar refractivity (Wildman–Crippen MR) is 92.5 cm³/mol. The van der Waals surface area contributed by atoms with E-state index in [9.17, 15) is 5.11 Å². The molecule has 0 spiro atoms. The fourth-order valence-corrected chi connectivity index (χ4v) is 2.24. The van der Waals surface area contributed by atoms with Crippen molar-refractivity contribution in [3.05, 3.63) is 23.8 Å². The maximum absolute atomic E-state index is 10.1. The first-order valence-electron chi connectivity index (χ1n) is 7.99. The van der Waals surface area contributed by atoms with Crippen molar-refractivity contribution < 1.29 is 19.3 Å². The van der Waals surface area contributed by atoms with Crippen LogP contribution >= 0.6 is 0 Å². The molecule has 1 aromatic rings. The van der Waals surface area contributed by atoms with Crippen LogP contribution < -0.4 is 14.8 Å². The smallest absolute Gasteiger partial charge is 0.123 e. The molecule has 0 heterocycles. The maximum atomic E-state index is 10.1. The van der Waals surface area contributed by atoms with Gasteiger partial charge in [-0.05, 0) is 30.5 Å². The van der Waals surface area contributed by atoms with E-state index in [1.807, 2.05) is 25.1 Å². The van der Waals surface area contributed by atoms with Gasteiger partial charge in [0.1, 0.15) is 24.2 Å². The van der Waals surface area contributed by atoms with E-state index < -0.39 is 6.10 Å². The van der Waals surface area contributed by atoms with E-state index in [-0.39, 0.29) is 18.1 Å². The molecular weight excluding hydrogens is 294 g/mol. The summed E-state index contributed by atoms with van der Waals surface area (Å²) >= 11 is 0. The second kappa shape index (κ2) is 9.11. The number of benzene rings is 1. The quantitative estimate of drug-likeness (QED) is 0.730. The van der Waals surface area contributed by atoms with Crippen LogP contribution in [0.15, 0.2) is 18.2 Å². The van der Waals surface area contributed by atoms with Gasteiger partial charge in [-0.25, -0.2) is 0 Å². The van der Waals surface area contributed by atoms with E-state index in [1.54, 1.807) is 14.2 Å². The van der Waals surface area contributed by atoms with Gasteiger partial charge in [-0.2, -0.15) is 0 Å². The minimum absolute atomic E-state index is 0.0694. The molecule has 0 aromatic heterocycles. The average Bonchev–Trinajstić information content (AvgIpc) is 2.50. The van der Waals surface area contributed by atoms with Crippen LogP contribution in [0.25, 0.3) is 0 Å². The number of hydrogen-bond donors (Lipinski definition) is 2. The summed E-state index contributed by atoms with van der Waals surface area (Å²) in [5, 5.41) is 13.3. The molecular formula is C18H31NO4. The molecule has 0 aliphatic heterocycles. The fraction of sp³-hybridized carbons (Fsp3) is 0.667. The standard InChI is InChI=1S/C18H31NO4/c1-13(11-21-5)19-10-14(20)12-23-17-8-7-15(22-6)9-16(17)18(2,3)4/h7-9,13-14,19-20H,10-12H2,1-6H3/t13-,14-/m1/s1. The number of rotatable bonds is 9. The second-order valence-electron chi connectivity index (χ2n) is 6.84. The first-order valence-corrected chi connectivity index (χ1v) is 7.99. The van der Waals surface area contributed by atoms with Crippen LogP contribution in [0, 0.1) is 0 Å². The normalized spacial score (nSPS) is 14.4. The van der Waals surface area contributed by atoms with E-state index in [4.69, 9.17) is 14.2 Å². The van der Waals surface area contributed by atoms with Crippen molar-refractivity contribution in [3.63, 3.8) is 0 Å². The Balaban J connectivity index is 2.63. The number of aliphatic hydroxyl groups is 1. The third-order valence-electron chi connectivity index (χ3n) is 3.54. The van der Waals surface area contributed by atoms with Crippen molar-refractivity contribution in [3.8, 4) is 11.5 Å². The Morgan fingerprint density at radius 1 is 1.17 bits per heavy atom. The molecule has 2 atom stereocenters. The molecule has 0 aliphatic rings. The van der Waals surface area contributed by atoms with Crippen LogP contribution in [-0.4, -0.2) is 51.2 Å². The van der Waals surface area contributed by atoms with Crippen molar-refractivity contribution in [2.45, 2.75) is 45.3 Å². The minimum atomic E-state index is -0.579. The molecule has 0 radical (unpaired) electrons. The molecule has 23 heavy (non-hydrogen) atoms. The molecule has 5 heteroatoms. The summed E-state index contributed by atoms with van der Waals surface area (Å²) < 4.78 is 16.2. The zero-order valence-corrected chi connectivity index (χ0v) is 15.2. The molecule has 0 saturated heterocycles. The Morgan fingerprint density at radius 3 is 2.43 bits per heavy atom.